The average molecular weight is 564 g/mol. The number of ether oxygens (including phenoxy) is 1. The second-order valence-electron chi connectivity index (χ2n) is 11.8. The molecule has 4 rings (SSSR count). The highest BCUT2D eigenvalue weighted by atomic mass is 16.5. The van der Waals surface area contributed by atoms with Crippen LogP contribution in [-0.2, 0) is 4.79 Å². The maximum absolute atomic E-state index is 12.1. The molecule has 2 unspecified atom stereocenters. The summed E-state index contributed by atoms with van der Waals surface area (Å²) in [5.74, 6) is 2.34. The molecule has 1 aromatic carbocycles. The summed E-state index contributed by atoms with van der Waals surface area (Å²) in [7, 11) is 1.89. The van der Waals surface area contributed by atoms with Crippen molar-refractivity contribution in [1.29, 1.82) is 10.8 Å². The lowest BCUT2D eigenvalue weighted by atomic mass is 9.87. The number of amidine groups is 3. The molecule has 6 N–H and O–H groups in total. The minimum absolute atomic E-state index is 0.127. The Morgan fingerprint density at radius 2 is 2.05 bits per heavy atom. The molecule has 2 atom stereocenters. The molecule has 0 spiro atoms. The molecule has 0 radical (unpaired) electrons. The summed E-state index contributed by atoms with van der Waals surface area (Å²) >= 11 is 0. The number of amides is 1. The van der Waals surface area contributed by atoms with Crippen LogP contribution in [0.4, 0.5) is 0 Å². The summed E-state index contributed by atoms with van der Waals surface area (Å²) in [6, 6.07) is 6.04. The van der Waals surface area contributed by atoms with E-state index in [9.17, 15) is 4.79 Å². The third-order valence-electron chi connectivity index (χ3n) is 8.09. The van der Waals surface area contributed by atoms with Crippen molar-refractivity contribution >= 4 is 35.2 Å². The van der Waals surface area contributed by atoms with Gasteiger partial charge in [-0.25, -0.2) is 4.99 Å². The Kier molecular flexibility index (Phi) is 9.16. The van der Waals surface area contributed by atoms with Gasteiger partial charge in [-0.3, -0.25) is 20.1 Å². The van der Waals surface area contributed by atoms with Crippen LogP contribution in [0.5, 0.6) is 5.75 Å². The monoisotopic (exact) mass is 563 g/mol. The number of aliphatic imine (C=N–C) groups is 2. The summed E-state index contributed by atoms with van der Waals surface area (Å²) in [4.78, 5) is 26.0. The van der Waals surface area contributed by atoms with Crippen molar-refractivity contribution in [2.75, 3.05) is 39.8 Å². The van der Waals surface area contributed by atoms with Crippen molar-refractivity contribution in [3.63, 3.8) is 0 Å². The fourth-order valence-corrected chi connectivity index (χ4v) is 5.84. The number of likely N-dealkylation sites (tertiary alicyclic amines) is 1. The fraction of sp³-hybridized carbons (Fsp3) is 0.567. The largest absolute Gasteiger partial charge is 0.491 e. The van der Waals surface area contributed by atoms with Gasteiger partial charge in [-0.2, -0.15) is 0 Å². The molecule has 1 saturated heterocycles. The first-order chi connectivity index (χ1) is 19.5. The first-order valence-electron chi connectivity index (χ1n) is 14.4. The Labute approximate surface area is 243 Å². The lowest BCUT2D eigenvalue weighted by molar-refractivity contribution is -0.129. The van der Waals surface area contributed by atoms with Gasteiger partial charge in [0.1, 0.15) is 35.9 Å². The standard InChI is InChI=1S/C30H45N9O2/c1-18(2)35-27(36-19(3)32)24-17-38-12-13-41-25-14-20(9-10-22(25)28(38)37-24)23(15-31)26(34-6)21-8-7-11-39(16-21)30(4,5)29(33)40/h9-10,14-15,18,21,24,31,34H,7-8,11-13,16-17H2,1-6H3,(H2,33,40)(H2,32,35,36)/b26-23+,31-15?. The number of rotatable bonds is 8. The Bertz CT molecular complexity index is 1280. The topological polar surface area (TPSA) is 155 Å². The van der Waals surface area contributed by atoms with E-state index in [1.54, 1.807) is 6.92 Å². The van der Waals surface area contributed by atoms with E-state index >= 15 is 0 Å². The van der Waals surface area contributed by atoms with Crippen LogP contribution in [0.15, 0.2) is 33.9 Å². The third-order valence-corrected chi connectivity index (χ3v) is 8.09. The lowest BCUT2D eigenvalue weighted by Crippen LogP contribution is -2.56. The van der Waals surface area contributed by atoms with Crippen molar-refractivity contribution in [2.45, 2.75) is 65.1 Å². The Hall–Kier alpha value is -3.73. The van der Waals surface area contributed by atoms with Crippen LogP contribution >= 0.6 is 0 Å². The SMILES string of the molecule is CN/C(=C(\C=N)c1ccc2c(c1)OCCN1CC(/C(=N/C(C)=N)NC(C)C)N=C21)C1CCCN(C(C)(C)C(N)=O)C1. The van der Waals surface area contributed by atoms with Gasteiger partial charge in [0.15, 0.2) is 0 Å². The minimum Gasteiger partial charge on any atom is -0.491 e. The van der Waals surface area contributed by atoms with Crippen LogP contribution in [0.1, 0.15) is 58.6 Å². The molecular formula is C30H45N9O2. The van der Waals surface area contributed by atoms with E-state index in [0.29, 0.717) is 32.1 Å². The zero-order valence-electron chi connectivity index (χ0n) is 25.2. The van der Waals surface area contributed by atoms with E-state index in [4.69, 9.17) is 26.3 Å². The number of carbonyl (C=O) groups is 1. The van der Waals surface area contributed by atoms with Crippen LogP contribution in [0.3, 0.4) is 0 Å². The van der Waals surface area contributed by atoms with Gasteiger partial charge < -0.3 is 31.4 Å². The van der Waals surface area contributed by atoms with Gasteiger partial charge in [0.05, 0.1) is 17.6 Å². The number of nitrogens with zero attached hydrogens (tertiary/aromatic N) is 4. The van der Waals surface area contributed by atoms with Gasteiger partial charge >= 0.3 is 0 Å². The molecule has 3 aliphatic rings. The highest BCUT2D eigenvalue weighted by molar-refractivity contribution is 6.11. The number of hydrogen-bond donors (Lipinski definition) is 5. The quantitative estimate of drug-likeness (QED) is 0.242. The van der Waals surface area contributed by atoms with Crippen molar-refractivity contribution in [3.8, 4) is 5.75 Å². The molecule has 1 amide bonds. The number of nitrogens with two attached hydrogens (primary N) is 1. The molecule has 11 nitrogen and oxygen atoms in total. The zero-order valence-corrected chi connectivity index (χ0v) is 25.2. The van der Waals surface area contributed by atoms with E-state index in [0.717, 1.165) is 53.4 Å². The molecule has 222 valence electrons. The van der Waals surface area contributed by atoms with Gasteiger partial charge in [0.25, 0.3) is 0 Å². The van der Waals surface area contributed by atoms with Crippen LogP contribution in [0, 0.1) is 16.7 Å². The molecule has 1 fully saturated rings. The summed E-state index contributed by atoms with van der Waals surface area (Å²) in [6.07, 6.45) is 3.30. The van der Waals surface area contributed by atoms with Crippen molar-refractivity contribution in [2.24, 2.45) is 21.6 Å². The number of nitrogens with one attached hydrogen (secondary N) is 4. The number of fused-ring (bicyclic) bond motifs is 3. The van der Waals surface area contributed by atoms with Crippen LogP contribution in [0.2, 0.25) is 0 Å². The molecule has 3 heterocycles. The smallest absolute Gasteiger partial charge is 0.237 e. The van der Waals surface area contributed by atoms with Gasteiger partial charge in [0.2, 0.25) is 5.91 Å². The van der Waals surface area contributed by atoms with Crippen molar-refractivity contribution in [3.05, 3.63) is 35.0 Å². The predicted molar refractivity (Wildman–Crippen MR) is 165 cm³/mol. The highest BCUT2D eigenvalue weighted by Crippen LogP contribution is 2.34. The van der Waals surface area contributed by atoms with Crippen LogP contribution in [-0.4, -0.2) is 96.9 Å². The Morgan fingerprint density at radius 3 is 2.68 bits per heavy atom. The number of allylic oxidation sites excluding steroid dienone is 1. The van der Waals surface area contributed by atoms with E-state index in [1.807, 2.05) is 39.1 Å². The average Bonchev–Trinajstić information content (AvgIpc) is 3.27. The molecule has 3 aliphatic heterocycles. The lowest BCUT2D eigenvalue weighted by Gasteiger charge is -2.42. The summed E-state index contributed by atoms with van der Waals surface area (Å²) in [6.45, 7) is 12.9. The molecule has 1 aromatic rings. The maximum Gasteiger partial charge on any atom is 0.237 e. The predicted octanol–water partition coefficient (Wildman–Crippen LogP) is 2.46. The summed E-state index contributed by atoms with van der Waals surface area (Å²) in [5.41, 5.74) is 8.56. The Balaban J connectivity index is 1.68. The number of piperidine rings is 1. The Morgan fingerprint density at radius 1 is 1.29 bits per heavy atom. The summed E-state index contributed by atoms with van der Waals surface area (Å²) < 4.78 is 6.21. The molecule has 0 bridgehead atoms. The van der Waals surface area contributed by atoms with Gasteiger partial charge in [-0.1, -0.05) is 6.07 Å². The second kappa shape index (κ2) is 12.4. The zero-order chi connectivity index (χ0) is 29.9. The third kappa shape index (κ3) is 6.45. The maximum atomic E-state index is 12.1. The van der Waals surface area contributed by atoms with Gasteiger partial charge in [0, 0.05) is 49.6 Å². The number of carbonyl (C=O) groups excluding carboxylic acids is 1. The molecule has 41 heavy (non-hydrogen) atoms. The van der Waals surface area contributed by atoms with Gasteiger partial charge in [-0.15, -0.1) is 0 Å². The molecular weight excluding hydrogens is 518 g/mol. The van der Waals surface area contributed by atoms with E-state index in [2.05, 4.69) is 39.3 Å². The molecule has 11 heteroatoms. The van der Waals surface area contributed by atoms with E-state index < -0.39 is 5.54 Å². The van der Waals surface area contributed by atoms with E-state index in [1.165, 1.54) is 6.21 Å². The van der Waals surface area contributed by atoms with Crippen molar-refractivity contribution in [1.82, 2.24) is 20.4 Å². The first kappa shape index (κ1) is 30.2. The van der Waals surface area contributed by atoms with Crippen LogP contribution in [0.25, 0.3) is 5.57 Å². The van der Waals surface area contributed by atoms with Crippen LogP contribution < -0.4 is 21.1 Å². The normalized spacial score (nSPS) is 22.1. The van der Waals surface area contributed by atoms with Crippen molar-refractivity contribution < 1.29 is 9.53 Å². The number of primary amides is 1. The second-order valence-corrected chi connectivity index (χ2v) is 11.8. The first-order valence-corrected chi connectivity index (χ1v) is 14.4. The molecule has 0 aromatic heterocycles. The van der Waals surface area contributed by atoms with E-state index in [-0.39, 0.29) is 29.7 Å². The minimum atomic E-state index is -0.737. The fourth-order valence-electron chi connectivity index (χ4n) is 5.84. The molecule has 0 aliphatic carbocycles. The summed E-state index contributed by atoms with van der Waals surface area (Å²) in [5, 5.41) is 23.0. The number of hydrogen-bond acceptors (Lipinski definition) is 8. The van der Waals surface area contributed by atoms with Gasteiger partial charge in [-0.05, 0) is 71.7 Å². The number of benzene rings is 1. The highest BCUT2D eigenvalue weighted by Gasteiger charge is 2.37. The molecule has 0 saturated carbocycles.